The van der Waals surface area contributed by atoms with Crippen molar-refractivity contribution in [3.05, 3.63) is 29.8 Å². The lowest BCUT2D eigenvalue weighted by atomic mass is 9.54. The van der Waals surface area contributed by atoms with Gasteiger partial charge in [-0.25, -0.2) is 0 Å². The van der Waals surface area contributed by atoms with E-state index in [0.717, 1.165) is 25.2 Å². The number of nitrogens with zero attached hydrogens (tertiary/aromatic N) is 2. The van der Waals surface area contributed by atoms with Gasteiger partial charge < -0.3 is 20.5 Å². The van der Waals surface area contributed by atoms with Gasteiger partial charge in [0.05, 0.1) is 6.10 Å². The standard InChI is InChI=1S/C20H31N3O3.2ClH/c1-4-26-17-13-20(21,19(17,2)3)18(25)23-10-8-22(9-11-23)14-15-6-5-7-16(24)12-15;;/h5-7,12,17,24H,4,8-11,13-14,21H2,1-3H3;2*1H. The Morgan fingerprint density at radius 1 is 1.25 bits per heavy atom. The van der Waals surface area contributed by atoms with Crippen molar-refractivity contribution < 1.29 is 14.6 Å². The Morgan fingerprint density at radius 2 is 1.89 bits per heavy atom. The van der Waals surface area contributed by atoms with Crippen LogP contribution in [0.5, 0.6) is 5.75 Å². The van der Waals surface area contributed by atoms with Crippen LogP contribution in [0.2, 0.25) is 0 Å². The zero-order valence-corrected chi connectivity index (χ0v) is 18.5. The van der Waals surface area contributed by atoms with E-state index in [4.69, 9.17) is 10.5 Å². The molecule has 1 aromatic carbocycles. The van der Waals surface area contributed by atoms with Crippen molar-refractivity contribution in [1.82, 2.24) is 9.80 Å². The maximum Gasteiger partial charge on any atom is 0.243 e. The molecular formula is C20H33Cl2N3O3. The number of amides is 1. The van der Waals surface area contributed by atoms with Crippen molar-refractivity contribution in [2.24, 2.45) is 11.1 Å². The zero-order chi connectivity index (χ0) is 18.9. The Balaban J connectivity index is 0.00000196. The highest BCUT2D eigenvalue weighted by Crippen LogP contribution is 2.50. The molecule has 3 rings (SSSR count). The highest BCUT2D eigenvalue weighted by Gasteiger charge is 2.63. The number of hydrogen-bond acceptors (Lipinski definition) is 5. The number of benzene rings is 1. The molecule has 28 heavy (non-hydrogen) atoms. The second kappa shape index (κ2) is 9.63. The summed E-state index contributed by atoms with van der Waals surface area (Å²) in [5, 5.41) is 9.59. The number of phenolic OH excluding ortho intramolecular Hbond substituents is 1. The number of carbonyl (C=O) groups excluding carboxylic acids is 1. The van der Waals surface area contributed by atoms with E-state index >= 15 is 0 Å². The maximum absolute atomic E-state index is 13.1. The largest absolute Gasteiger partial charge is 0.508 e. The summed E-state index contributed by atoms with van der Waals surface area (Å²) in [4.78, 5) is 17.3. The van der Waals surface area contributed by atoms with Gasteiger partial charge in [0.2, 0.25) is 5.91 Å². The molecule has 0 radical (unpaired) electrons. The van der Waals surface area contributed by atoms with Gasteiger partial charge in [0, 0.05) is 51.2 Å². The third-order valence-electron chi connectivity index (χ3n) is 6.19. The Labute approximate surface area is 180 Å². The van der Waals surface area contributed by atoms with E-state index in [0.29, 0.717) is 26.1 Å². The average Bonchev–Trinajstić information content (AvgIpc) is 2.61. The van der Waals surface area contributed by atoms with Crippen LogP contribution < -0.4 is 5.73 Å². The molecule has 3 N–H and O–H groups in total. The Hall–Kier alpha value is -1.05. The normalized spacial score (nSPS) is 26.6. The summed E-state index contributed by atoms with van der Waals surface area (Å²) >= 11 is 0. The van der Waals surface area contributed by atoms with Gasteiger partial charge in [-0.2, -0.15) is 0 Å². The molecule has 0 bridgehead atoms. The molecule has 2 fully saturated rings. The molecule has 2 atom stereocenters. The average molecular weight is 434 g/mol. The Morgan fingerprint density at radius 3 is 2.43 bits per heavy atom. The van der Waals surface area contributed by atoms with Crippen LogP contribution in [0.15, 0.2) is 24.3 Å². The van der Waals surface area contributed by atoms with Crippen LogP contribution in [0, 0.1) is 5.41 Å². The Bertz CT molecular complexity index is 666. The highest BCUT2D eigenvalue weighted by molar-refractivity contribution is 5.89. The quantitative estimate of drug-likeness (QED) is 0.744. The molecule has 0 spiro atoms. The fraction of sp³-hybridized carbons (Fsp3) is 0.650. The molecule has 1 aromatic rings. The second-order valence-electron chi connectivity index (χ2n) is 8.08. The van der Waals surface area contributed by atoms with Crippen molar-refractivity contribution in [1.29, 1.82) is 0 Å². The van der Waals surface area contributed by atoms with Crippen molar-refractivity contribution in [2.45, 2.75) is 45.4 Å². The number of aromatic hydroxyl groups is 1. The summed E-state index contributed by atoms with van der Waals surface area (Å²) in [5.41, 5.74) is 6.44. The zero-order valence-electron chi connectivity index (χ0n) is 16.9. The number of rotatable bonds is 5. The minimum atomic E-state index is -0.833. The summed E-state index contributed by atoms with van der Waals surface area (Å²) in [6.07, 6.45) is 0.643. The summed E-state index contributed by atoms with van der Waals surface area (Å²) < 4.78 is 5.74. The molecule has 1 aliphatic heterocycles. The maximum atomic E-state index is 13.1. The summed E-state index contributed by atoms with van der Waals surface area (Å²) in [5.74, 6) is 0.341. The van der Waals surface area contributed by atoms with Crippen LogP contribution in [0.4, 0.5) is 0 Å². The van der Waals surface area contributed by atoms with Crippen molar-refractivity contribution in [3.8, 4) is 5.75 Å². The van der Waals surface area contributed by atoms with E-state index in [-0.39, 0.29) is 48.0 Å². The van der Waals surface area contributed by atoms with Crippen LogP contribution in [-0.2, 0) is 16.1 Å². The van der Waals surface area contributed by atoms with Crippen LogP contribution in [-0.4, -0.2) is 65.2 Å². The Kier molecular flexibility index (Phi) is 8.60. The third kappa shape index (κ3) is 4.57. The van der Waals surface area contributed by atoms with Gasteiger partial charge in [-0.1, -0.05) is 26.0 Å². The molecule has 160 valence electrons. The van der Waals surface area contributed by atoms with E-state index in [1.165, 1.54) is 0 Å². The van der Waals surface area contributed by atoms with Gasteiger partial charge in [-0.3, -0.25) is 9.69 Å². The summed E-state index contributed by atoms with van der Waals surface area (Å²) in [7, 11) is 0. The van der Waals surface area contributed by atoms with Crippen LogP contribution in [0.3, 0.4) is 0 Å². The van der Waals surface area contributed by atoms with E-state index in [2.05, 4.69) is 4.90 Å². The fourth-order valence-electron chi connectivity index (χ4n) is 4.10. The van der Waals surface area contributed by atoms with Crippen LogP contribution in [0.25, 0.3) is 0 Å². The summed E-state index contributed by atoms with van der Waals surface area (Å²) in [6, 6.07) is 7.33. The van der Waals surface area contributed by atoms with Crippen molar-refractivity contribution in [2.75, 3.05) is 32.8 Å². The monoisotopic (exact) mass is 433 g/mol. The first-order valence-corrected chi connectivity index (χ1v) is 9.48. The number of nitrogens with two attached hydrogens (primary N) is 1. The first kappa shape index (κ1) is 25.0. The number of phenols is 1. The highest BCUT2D eigenvalue weighted by atomic mass is 35.5. The van der Waals surface area contributed by atoms with Crippen molar-refractivity contribution in [3.63, 3.8) is 0 Å². The lowest BCUT2D eigenvalue weighted by Crippen LogP contribution is -2.76. The molecule has 6 nitrogen and oxygen atoms in total. The third-order valence-corrected chi connectivity index (χ3v) is 6.19. The summed E-state index contributed by atoms with van der Waals surface area (Å²) in [6.45, 7) is 10.5. The second-order valence-corrected chi connectivity index (χ2v) is 8.08. The number of piperazine rings is 1. The predicted molar refractivity (Wildman–Crippen MR) is 115 cm³/mol. The van der Waals surface area contributed by atoms with Gasteiger partial charge in [0.1, 0.15) is 11.3 Å². The molecule has 8 heteroatoms. The molecular weight excluding hydrogens is 401 g/mol. The van der Waals surface area contributed by atoms with Crippen LogP contribution in [0.1, 0.15) is 32.8 Å². The van der Waals surface area contributed by atoms with E-state index in [1.54, 1.807) is 12.1 Å². The number of hydrogen-bond donors (Lipinski definition) is 2. The van der Waals surface area contributed by atoms with E-state index in [1.807, 2.05) is 37.8 Å². The topological polar surface area (TPSA) is 79.0 Å². The molecule has 1 saturated heterocycles. The lowest BCUT2D eigenvalue weighted by Gasteiger charge is -2.59. The number of ether oxygens (including phenoxy) is 1. The van der Waals surface area contributed by atoms with Gasteiger partial charge in [0.15, 0.2) is 0 Å². The molecule has 1 amide bonds. The minimum absolute atomic E-state index is 0. The first-order chi connectivity index (χ1) is 12.3. The van der Waals surface area contributed by atoms with Gasteiger partial charge in [-0.15, -0.1) is 24.8 Å². The molecule has 2 unspecified atom stereocenters. The number of halogens is 2. The van der Waals surface area contributed by atoms with Gasteiger partial charge in [-0.05, 0) is 24.6 Å². The molecule has 2 aliphatic rings. The van der Waals surface area contributed by atoms with Gasteiger partial charge >= 0.3 is 0 Å². The number of carbonyl (C=O) groups is 1. The smallest absolute Gasteiger partial charge is 0.243 e. The van der Waals surface area contributed by atoms with Gasteiger partial charge in [0.25, 0.3) is 0 Å². The fourth-order valence-corrected chi connectivity index (χ4v) is 4.10. The van der Waals surface area contributed by atoms with E-state index in [9.17, 15) is 9.90 Å². The van der Waals surface area contributed by atoms with Crippen molar-refractivity contribution >= 4 is 30.7 Å². The first-order valence-electron chi connectivity index (χ1n) is 9.48. The molecule has 1 saturated carbocycles. The minimum Gasteiger partial charge on any atom is -0.508 e. The predicted octanol–water partition coefficient (Wildman–Crippen LogP) is 2.41. The van der Waals surface area contributed by atoms with E-state index < -0.39 is 5.54 Å². The SMILES string of the molecule is CCOC1CC(N)(C(=O)N2CCN(Cc3cccc(O)c3)CC2)C1(C)C.Cl.Cl. The lowest BCUT2D eigenvalue weighted by molar-refractivity contribution is -0.180. The molecule has 1 heterocycles. The molecule has 0 aromatic heterocycles. The molecule has 1 aliphatic carbocycles. The van der Waals surface area contributed by atoms with Crippen LogP contribution >= 0.6 is 24.8 Å².